The summed E-state index contributed by atoms with van der Waals surface area (Å²) in [4.78, 5) is 6.29. The number of hydrogen-bond donors (Lipinski definition) is 0. The van der Waals surface area contributed by atoms with E-state index in [-0.39, 0.29) is 13.1 Å². The summed E-state index contributed by atoms with van der Waals surface area (Å²) in [7, 11) is 1.89. The van der Waals surface area contributed by atoms with Gasteiger partial charge in [0.1, 0.15) is 5.65 Å². The maximum absolute atomic E-state index is 13.5. The highest BCUT2D eigenvalue weighted by atomic mass is 19.4. The van der Waals surface area contributed by atoms with E-state index in [1.54, 1.807) is 18.3 Å². The lowest BCUT2D eigenvalue weighted by Crippen LogP contribution is -2.38. The molecule has 1 unspecified atom stereocenters. The minimum absolute atomic E-state index is 0.180. The summed E-state index contributed by atoms with van der Waals surface area (Å²) < 4.78 is 42.5. The summed E-state index contributed by atoms with van der Waals surface area (Å²) in [5, 5.41) is 0.920. The van der Waals surface area contributed by atoms with E-state index in [0.29, 0.717) is 5.56 Å². The number of aryl methyl sites for hydroxylation is 1. The van der Waals surface area contributed by atoms with Crippen LogP contribution in [-0.4, -0.2) is 28.8 Å². The first-order chi connectivity index (χ1) is 13.4. The Kier molecular flexibility index (Phi) is 4.60. The number of benzene rings is 1. The molecule has 3 heterocycles. The molecule has 6 heteroatoms. The van der Waals surface area contributed by atoms with Crippen LogP contribution in [0.25, 0.3) is 11.0 Å². The van der Waals surface area contributed by atoms with E-state index in [2.05, 4.69) is 16.8 Å². The van der Waals surface area contributed by atoms with Crippen molar-refractivity contribution >= 4 is 16.7 Å². The fourth-order valence-corrected chi connectivity index (χ4v) is 3.50. The summed E-state index contributed by atoms with van der Waals surface area (Å²) in [5.74, 6) is 4.83. The third kappa shape index (κ3) is 3.48. The SMILES string of the molecule is Cn1ccc2c(N3CC=C(C(F)(F)F)C(C#Cc4ccccc4)C3)ccnc21. The molecular weight excluding hydrogens is 363 g/mol. The number of aromatic nitrogens is 2. The molecular formula is C22H18F3N3. The highest BCUT2D eigenvalue weighted by Gasteiger charge is 2.40. The first-order valence-corrected chi connectivity index (χ1v) is 8.92. The van der Waals surface area contributed by atoms with E-state index in [9.17, 15) is 13.2 Å². The zero-order valence-corrected chi connectivity index (χ0v) is 15.2. The van der Waals surface area contributed by atoms with Crippen LogP contribution in [0.2, 0.25) is 0 Å². The topological polar surface area (TPSA) is 21.1 Å². The molecule has 0 radical (unpaired) electrons. The summed E-state index contributed by atoms with van der Waals surface area (Å²) in [6.07, 6.45) is 0.450. The average Bonchev–Trinajstić information content (AvgIpc) is 3.07. The molecule has 0 aliphatic carbocycles. The number of pyridine rings is 1. The standard InChI is InChI=1S/C22H18F3N3/c1-27-13-10-18-20(9-12-26-21(18)27)28-14-11-19(22(23,24)25)17(15-28)8-7-16-5-3-2-4-6-16/h2-6,9-13,17H,14-15H2,1H3. The lowest BCUT2D eigenvalue weighted by molar-refractivity contribution is -0.0973. The van der Waals surface area contributed by atoms with Crippen LogP contribution in [0.1, 0.15) is 5.56 Å². The number of nitrogens with zero attached hydrogens (tertiary/aromatic N) is 3. The normalized spacial score (nSPS) is 17.2. The van der Waals surface area contributed by atoms with Crippen molar-refractivity contribution in [1.82, 2.24) is 9.55 Å². The van der Waals surface area contributed by atoms with Crippen molar-refractivity contribution in [3.05, 3.63) is 72.1 Å². The van der Waals surface area contributed by atoms with E-state index in [1.807, 2.05) is 53.0 Å². The number of rotatable bonds is 1. The number of hydrogen-bond acceptors (Lipinski definition) is 2. The van der Waals surface area contributed by atoms with Crippen LogP contribution in [0.3, 0.4) is 0 Å². The largest absolute Gasteiger partial charge is 0.413 e. The van der Waals surface area contributed by atoms with Gasteiger partial charge in [-0.05, 0) is 24.3 Å². The predicted molar refractivity (Wildman–Crippen MR) is 104 cm³/mol. The molecule has 1 aliphatic rings. The molecule has 0 amide bonds. The van der Waals surface area contributed by atoms with Gasteiger partial charge in [0, 0.05) is 54.7 Å². The Morgan fingerprint density at radius 1 is 1.11 bits per heavy atom. The average molecular weight is 381 g/mol. The Morgan fingerprint density at radius 2 is 1.89 bits per heavy atom. The molecule has 28 heavy (non-hydrogen) atoms. The van der Waals surface area contributed by atoms with Crippen molar-refractivity contribution in [3.63, 3.8) is 0 Å². The van der Waals surface area contributed by atoms with Crippen molar-refractivity contribution < 1.29 is 13.2 Å². The van der Waals surface area contributed by atoms with Crippen molar-refractivity contribution in [2.75, 3.05) is 18.0 Å². The number of fused-ring (bicyclic) bond motifs is 1. The van der Waals surface area contributed by atoms with Gasteiger partial charge in [0.2, 0.25) is 0 Å². The molecule has 1 atom stereocenters. The Morgan fingerprint density at radius 3 is 2.64 bits per heavy atom. The van der Waals surface area contributed by atoms with Crippen molar-refractivity contribution in [1.29, 1.82) is 0 Å². The van der Waals surface area contributed by atoms with Crippen LogP contribution in [0.5, 0.6) is 0 Å². The quantitative estimate of drug-likeness (QED) is 0.456. The van der Waals surface area contributed by atoms with Crippen LogP contribution in [0, 0.1) is 17.8 Å². The first kappa shape index (κ1) is 18.2. The predicted octanol–water partition coefficient (Wildman–Crippen LogP) is 4.55. The summed E-state index contributed by atoms with van der Waals surface area (Å²) in [6, 6.07) is 12.9. The second-order valence-corrected chi connectivity index (χ2v) is 6.74. The van der Waals surface area contributed by atoms with Crippen molar-refractivity contribution in [3.8, 4) is 11.8 Å². The minimum atomic E-state index is -4.39. The molecule has 1 aromatic carbocycles. The lowest BCUT2D eigenvalue weighted by Gasteiger charge is -2.33. The third-order valence-corrected chi connectivity index (χ3v) is 4.89. The zero-order valence-electron chi connectivity index (χ0n) is 15.2. The Balaban J connectivity index is 1.71. The Labute approximate surface area is 161 Å². The highest BCUT2D eigenvalue weighted by Crippen LogP contribution is 2.36. The zero-order chi connectivity index (χ0) is 19.7. The van der Waals surface area contributed by atoms with Gasteiger partial charge < -0.3 is 9.47 Å². The molecule has 0 spiro atoms. The van der Waals surface area contributed by atoms with E-state index < -0.39 is 17.7 Å². The number of halogens is 3. The molecule has 4 rings (SSSR count). The molecule has 0 saturated carbocycles. The molecule has 0 fully saturated rings. The molecule has 1 aliphatic heterocycles. The Bertz CT molecular complexity index is 1080. The van der Waals surface area contributed by atoms with E-state index in [4.69, 9.17) is 0 Å². The summed E-state index contributed by atoms with van der Waals surface area (Å²) in [6.45, 7) is 0.367. The van der Waals surface area contributed by atoms with Crippen LogP contribution >= 0.6 is 0 Å². The Hall–Kier alpha value is -3.20. The van der Waals surface area contributed by atoms with Gasteiger partial charge in [0.05, 0.1) is 5.92 Å². The number of alkyl halides is 3. The van der Waals surface area contributed by atoms with Crippen LogP contribution in [-0.2, 0) is 7.05 Å². The van der Waals surface area contributed by atoms with Crippen molar-refractivity contribution in [2.24, 2.45) is 13.0 Å². The molecule has 0 saturated heterocycles. The third-order valence-electron chi connectivity index (χ3n) is 4.89. The maximum atomic E-state index is 13.5. The fourth-order valence-electron chi connectivity index (χ4n) is 3.50. The second-order valence-electron chi connectivity index (χ2n) is 6.74. The van der Waals surface area contributed by atoms with E-state index in [0.717, 1.165) is 16.7 Å². The van der Waals surface area contributed by atoms with Gasteiger partial charge in [-0.25, -0.2) is 4.98 Å². The minimum Gasteiger partial charge on any atom is -0.366 e. The maximum Gasteiger partial charge on any atom is 0.413 e. The van der Waals surface area contributed by atoms with Gasteiger partial charge in [-0.1, -0.05) is 36.1 Å². The monoisotopic (exact) mass is 381 g/mol. The molecule has 0 bridgehead atoms. The van der Waals surface area contributed by atoms with Gasteiger partial charge in [0.15, 0.2) is 0 Å². The van der Waals surface area contributed by atoms with Crippen LogP contribution in [0.15, 0.2) is 66.5 Å². The number of anilines is 1. The fraction of sp³-hybridized carbons (Fsp3) is 0.227. The van der Waals surface area contributed by atoms with Gasteiger partial charge in [-0.2, -0.15) is 13.2 Å². The van der Waals surface area contributed by atoms with E-state index >= 15 is 0 Å². The summed E-state index contributed by atoms with van der Waals surface area (Å²) >= 11 is 0. The van der Waals surface area contributed by atoms with Gasteiger partial charge >= 0.3 is 6.18 Å². The molecule has 0 N–H and O–H groups in total. The van der Waals surface area contributed by atoms with E-state index in [1.165, 1.54) is 6.08 Å². The highest BCUT2D eigenvalue weighted by molar-refractivity contribution is 5.90. The smallest absolute Gasteiger partial charge is 0.366 e. The molecule has 3 aromatic rings. The van der Waals surface area contributed by atoms with Gasteiger partial charge in [0.25, 0.3) is 0 Å². The van der Waals surface area contributed by atoms with Crippen LogP contribution in [0.4, 0.5) is 18.9 Å². The van der Waals surface area contributed by atoms with Crippen molar-refractivity contribution in [2.45, 2.75) is 6.18 Å². The summed E-state index contributed by atoms with van der Waals surface area (Å²) in [5.41, 5.74) is 1.81. The first-order valence-electron chi connectivity index (χ1n) is 8.92. The molecule has 142 valence electrons. The molecule has 2 aromatic heterocycles. The van der Waals surface area contributed by atoms with Crippen LogP contribution < -0.4 is 4.90 Å². The second kappa shape index (κ2) is 7.08. The lowest BCUT2D eigenvalue weighted by atomic mass is 9.93. The molecule has 3 nitrogen and oxygen atoms in total. The van der Waals surface area contributed by atoms with Gasteiger partial charge in [-0.3, -0.25) is 0 Å². The van der Waals surface area contributed by atoms with Gasteiger partial charge in [-0.15, -0.1) is 0 Å².